The van der Waals surface area contributed by atoms with E-state index in [1.165, 1.54) is 0 Å². The second-order valence-electron chi connectivity index (χ2n) is 19.9. The summed E-state index contributed by atoms with van der Waals surface area (Å²) in [6, 6.07) is 0. The summed E-state index contributed by atoms with van der Waals surface area (Å²) < 4.78 is 0. The van der Waals surface area contributed by atoms with Crippen molar-refractivity contribution < 1.29 is 88.5 Å². The smallest absolute Gasteiger partial charge is 0.350 e. The van der Waals surface area contributed by atoms with Crippen LogP contribution in [0.4, 0.5) is 0 Å². The number of unbranched alkanes of at least 4 members (excludes halogenated alkanes) is 28. The molecule has 1 aliphatic heterocycles. The van der Waals surface area contributed by atoms with Crippen molar-refractivity contribution in [3.8, 4) is 0 Å². The Morgan fingerprint density at radius 3 is 0.712 bits per heavy atom. The molecule has 0 aromatic carbocycles. The van der Waals surface area contributed by atoms with Crippen LogP contribution < -0.4 is 0 Å². The lowest BCUT2D eigenvalue weighted by atomic mass is 9.77. The summed E-state index contributed by atoms with van der Waals surface area (Å²) in [5.41, 5.74) is -3.54. The van der Waals surface area contributed by atoms with Gasteiger partial charge in [-0.25, -0.2) is 4.79 Å². The lowest BCUT2D eigenvalue weighted by molar-refractivity contribution is -0.208. The lowest BCUT2D eigenvalue weighted by Gasteiger charge is -2.28. The summed E-state index contributed by atoms with van der Waals surface area (Å²) >= 11 is 0. The van der Waals surface area contributed by atoms with Crippen LogP contribution in [0.2, 0.25) is 0 Å². The number of hydrogen-bond acceptors (Lipinski definition) is 11. The van der Waals surface area contributed by atoms with Gasteiger partial charge in [0.1, 0.15) is 0 Å². The van der Waals surface area contributed by atoms with Gasteiger partial charge in [-0.2, -0.15) is 0 Å². The van der Waals surface area contributed by atoms with E-state index in [2.05, 4.69) is 0 Å². The fourth-order valence-corrected chi connectivity index (χ4v) is 9.16. The van der Waals surface area contributed by atoms with Crippen molar-refractivity contribution in [3.63, 3.8) is 0 Å². The van der Waals surface area contributed by atoms with Gasteiger partial charge in [-0.15, -0.1) is 5.06 Å². The van der Waals surface area contributed by atoms with Gasteiger partial charge in [-0.05, 0) is 51.4 Å². The minimum absolute atomic E-state index is 0.0551. The standard InChI is InChI=1S/C29H47NO10.C25H44O8/c31-23-19-20-24(32)30(23)40-28(39)29(27(37)38,21-15-11-7-3-1-5-9-13-17-25(33)34)22-16-12-8-4-2-6-10-14-18-26(35)36;26-21(27)17-13-9-5-1-3-7-11-15-19-25(23(30)31,24(32)33)20-16-12-8-4-2-6-10-14-18-22(28)29/h1-22H2,(H,33,34)(H,35,36)(H,37,38);1-20H2,(H,26,27)(H,28,29)(H,30,31)(H,32,33). The van der Waals surface area contributed by atoms with Gasteiger partial charge in [0.2, 0.25) is 0 Å². The normalized spacial score (nSPS) is 12.6. The van der Waals surface area contributed by atoms with Crippen LogP contribution in [-0.2, 0) is 52.8 Å². The number of imide groups is 1. The number of rotatable bonds is 49. The highest BCUT2D eigenvalue weighted by Crippen LogP contribution is 2.36. The Labute approximate surface area is 432 Å². The quantitative estimate of drug-likeness (QED) is 0.0169. The predicted octanol–water partition coefficient (Wildman–Crippen LogP) is 11.7. The first-order valence-corrected chi connectivity index (χ1v) is 27.5. The molecule has 19 heteroatoms. The molecular formula is C54H91NO18. The zero-order chi connectivity index (χ0) is 54.8. The summed E-state index contributed by atoms with van der Waals surface area (Å²) in [5.74, 6) is -9.27. The minimum Gasteiger partial charge on any atom is -0.481 e. The molecule has 2 amide bonds. The van der Waals surface area contributed by atoms with Crippen LogP contribution in [0.15, 0.2) is 0 Å². The zero-order valence-corrected chi connectivity index (χ0v) is 43.8. The number of carboxylic acids is 7. The zero-order valence-electron chi connectivity index (χ0n) is 43.8. The summed E-state index contributed by atoms with van der Waals surface area (Å²) in [6.07, 6.45) is 27.7. The number of carbonyl (C=O) groups excluding carboxylic acids is 3. The van der Waals surface area contributed by atoms with Crippen LogP contribution >= 0.6 is 0 Å². The molecule has 7 N–H and O–H groups in total. The molecule has 1 fully saturated rings. The first kappa shape index (κ1) is 67.9. The van der Waals surface area contributed by atoms with E-state index < -0.39 is 70.4 Å². The fourth-order valence-electron chi connectivity index (χ4n) is 9.16. The van der Waals surface area contributed by atoms with Crippen LogP contribution in [0.5, 0.6) is 0 Å². The summed E-state index contributed by atoms with van der Waals surface area (Å²) in [4.78, 5) is 120. The molecule has 1 heterocycles. The average Bonchev–Trinajstić information content (AvgIpc) is 3.64. The highest BCUT2D eigenvalue weighted by Gasteiger charge is 2.49. The average molecular weight is 1040 g/mol. The van der Waals surface area contributed by atoms with Crippen molar-refractivity contribution in [1.82, 2.24) is 5.06 Å². The maximum absolute atomic E-state index is 13.2. The van der Waals surface area contributed by atoms with E-state index >= 15 is 0 Å². The molecule has 19 nitrogen and oxygen atoms in total. The van der Waals surface area contributed by atoms with E-state index in [-0.39, 0.29) is 64.2 Å². The van der Waals surface area contributed by atoms with E-state index in [1.807, 2.05) is 0 Å². The molecule has 420 valence electrons. The molecule has 0 spiro atoms. The third kappa shape index (κ3) is 33.4. The van der Waals surface area contributed by atoms with Gasteiger partial charge >= 0.3 is 47.8 Å². The summed E-state index contributed by atoms with van der Waals surface area (Å²) in [7, 11) is 0. The summed E-state index contributed by atoms with van der Waals surface area (Å²) in [5, 5.41) is 64.4. The van der Waals surface area contributed by atoms with E-state index in [0.717, 1.165) is 154 Å². The first-order chi connectivity index (χ1) is 34.8. The van der Waals surface area contributed by atoms with Gasteiger partial charge in [-0.3, -0.25) is 43.2 Å². The van der Waals surface area contributed by atoms with Gasteiger partial charge in [0.15, 0.2) is 10.8 Å². The van der Waals surface area contributed by atoms with Crippen LogP contribution in [-0.4, -0.2) is 100 Å². The maximum Gasteiger partial charge on any atom is 0.350 e. The molecule has 0 aliphatic carbocycles. The predicted molar refractivity (Wildman–Crippen MR) is 270 cm³/mol. The number of nitrogens with zero attached hydrogens (tertiary/aromatic N) is 1. The Morgan fingerprint density at radius 1 is 0.315 bits per heavy atom. The third-order valence-electron chi connectivity index (χ3n) is 13.8. The minimum atomic E-state index is -1.84. The molecule has 1 rings (SSSR count). The Balaban J connectivity index is 0.00000145. The van der Waals surface area contributed by atoms with Gasteiger partial charge < -0.3 is 40.6 Å². The molecule has 1 saturated heterocycles. The van der Waals surface area contributed by atoms with Crippen LogP contribution in [0.25, 0.3) is 0 Å². The number of carboxylic acid groups (broad SMARTS) is 7. The number of hydrogen-bond donors (Lipinski definition) is 7. The molecule has 0 atom stereocenters. The van der Waals surface area contributed by atoms with Crippen LogP contribution in [0.1, 0.15) is 270 Å². The molecule has 0 saturated carbocycles. The number of carbonyl (C=O) groups is 10. The maximum atomic E-state index is 13.2. The molecule has 0 bridgehead atoms. The van der Waals surface area contributed by atoms with Gasteiger partial charge in [0.25, 0.3) is 11.8 Å². The van der Waals surface area contributed by atoms with Crippen molar-refractivity contribution in [2.75, 3.05) is 0 Å². The number of amides is 2. The van der Waals surface area contributed by atoms with Crippen molar-refractivity contribution >= 4 is 59.6 Å². The van der Waals surface area contributed by atoms with Crippen molar-refractivity contribution in [3.05, 3.63) is 0 Å². The number of hydroxylamine groups is 2. The second-order valence-corrected chi connectivity index (χ2v) is 19.9. The highest BCUT2D eigenvalue weighted by atomic mass is 16.7. The molecule has 0 aromatic heterocycles. The Morgan fingerprint density at radius 2 is 0.507 bits per heavy atom. The van der Waals surface area contributed by atoms with Crippen LogP contribution in [0, 0.1) is 10.8 Å². The first-order valence-electron chi connectivity index (χ1n) is 27.5. The van der Waals surface area contributed by atoms with Gasteiger partial charge in [0, 0.05) is 38.5 Å². The van der Waals surface area contributed by atoms with Crippen LogP contribution in [0.3, 0.4) is 0 Å². The SMILES string of the molecule is O=C(O)CCCCCCCCCCC(CCCCCCCCCCC(=O)O)(C(=O)O)C(=O)O.O=C(O)CCCCCCCCCCC(CCCCCCCCCCC(=O)O)(C(=O)O)C(=O)ON1C(=O)CCC1=O. The molecule has 1 aliphatic rings. The Kier molecular flexibility index (Phi) is 39.3. The van der Waals surface area contributed by atoms with E-state index in [0.29, 0.717) is 56.4 Å². The fraction of sp³-hybridized carbons (Fsp3) is 0.815. The monoisotopic (exact) mass is 1040 g/mol. The Bertz CT molecular complexity index is 1550. The van der Waals surface area contributed by atoms with Crippen molar-refractivity contribution in [2.45, 2.75) is 270 Å². The molecule has 73 heavy (non-hydrogen) atoms. The highest BCUT2D eigenvalue weighted by molar-refractivity contribution is 6.04. The lowest BCUT2D eigenvalue weighted by Crippen LogP contribution is -2.45. The topological polar surface area (TPSA) is 325 Å². The van der Waals surface area contributed by atoms with Gasteiger partial charge in [-0.1, -0.05) is 180 Å². The molecular weight excluding hydrogens is 951 g/mol. The Hall–Kier alpha value is -5.10. The third-order valence-corrected chi connectivity index (χ3v) is 13.8. The molecule has 0 unspecified atom stereocenters. The second kappa shape index (κ2) is 42.3. The largest absolute Gasteiger partial charge is 0.481 e. The van der Waals surface area contributed by atoms with E-state index in [4.69, 9.17) is 25.3 Å². The van der Waals surface area contributed by atoms with E-state index in [1.54, 1.807) is 0 Å². The van der Waals surface area contributed by atoms with E-state index in [9.17, 15) is 63.3 Å². The molecule has 0 radical (unpaired) electrons. The number of aliphatic carboxylic acids is 7. The molecule has 0 aromatic rings. The summed E-state index contributed by atoms with van der Waals surface area (Å²) in [6.45, 7) is 0. The van der Waals surface area contributed by atoms with Crippen molar-refractivity contribution in [1.29, 1.82) is 0 Å². The van der Waals surface area contributed by atoms with Crippen molar-refractivity contribution in [2.24, 2.45) is 10.8 Å². The van der Waals surface area contributed by atoms with Gasteiger partial charge in [0.05, 0.1) is 0 Å².